The van der Waals surface area contributed by atoms with Gasteiger partial charge in [0.2, 0.25) is 11.8 Å². The fraction of sp³-hybridized carbons (Fsp3) is 0.500. The predicted octanol–water partition coefficient (Wildman–Crippen LogP) is -0.320. The molecule has 0 aromatic carbocycles. The van der Waals surface area contributed by atoms with Gasteiger partial charge in [0.25, 0.3) is 5.91 Å². The Balaban J connectivity index is 1.80. The molecule has 1 aliphatic heterocycles. The van der Waals surface area contributed by atoms with E-state index in [1.54, 1.807) is 12.1 Å². The van der Waals surface area contributed by atoms with E-state index in [0.29, 0.717) is 26.1 Å². The lowest BCUT2D eigenvalue weighted by Gasteiger charge is -2.34. The Morgan fingerprint density at radius 2 is 2.24 bits per heavy atom. The van der Waals surface area contributed by atoms with Crippen LogP contribution < -0.4 is 10.6 Å². The zero-order chi connectivity index (χ0) is 18.2. The molecule has 1 aliphatic rings. The summed E-state index contributed by atoms with van der Waals surface area (Å²) in [6, 6.07) is 2.30. The van der Waals surface area contributed by atoms with Crippen LogP contribution in [-0.4, -0.2) is 61.4 Å². The molecule has 1 aromatic heterocycles. The Hall–Kier alpha value is -2.84. The first-order chi connectivity index (χ1) is 12.0. The van der Waals surface area contributed by atoms with E-state index in [2.05, 4.69) is 15.4 Å². The predicted molar refractivity (Wildman–Crippen MR) is 85.4 cm³/mol. The number of rotatable bonds is 7. The van der Waals surface area contributed by atoms with E-state index < -0.39 is 12.0 Å². The Morgan fingerprint density at radius 3 is 2.92 bits per heavy atom. The molecule has 1 saturated heterocycles. The number of amides is 3. The van der Waals surface area contributed by atoms with E-state index in [0.717, 1.165) is 0 Å². The van der Waals surface area contributed by atoms with Gasteiger partial charge in [0.1, 0.15) is 6.04 Å². The molecule has 136 valence electrons. The fourth-order valence-electron chi connectivity index (χ4n) is 2.54. The van der Waals surface area contributed by atoms with Crippen LogP contribution in [0.3, 0.4) is 0 Å². The molecule has 2 heterocycles. The number of esters is 1. The summed E-state index contributed by atoms with van der Waals surface area (Å²) in [7, 11) is 1.23. The minimum atomic E-state index is -0.855. The van der Waals surface area contributed by atoms with Gasteiger partial charge in [-0.3, -0.25) is 19.2 Å². The van der Waals surface area contributed by atoms with Crippen molar-refractivity contribution >= 4 is 23.7 Å². The van der Waals surface area contributed by atoms with Crippen molar-refractivity contribution in [2.75, 3.05) is 26.7 Å². The highest BCUT2D eigenvalue weighted by Crippen LogP contribution is 2.12. The van der Waals surface area contributed by atoms with Gasteiger partial charge in [0, 0.05) is 26.1 Å². The van der Waals surface area contributed by atoms with Crippen molar-refractivity contribution < 1.29 is 28.3 Å². The summed E-state index contributed by atoms with van der Waals surface area (Å²) in [6.07, 6.45) is 1.79. The number of hydrogen-bond acceptors (Lipinski definition) is 6. The van der Waals surface area contributed by atoms with Gasteiger partial charge in [0.05, 0.1) is 19.8 Å². The molecular weight excluding hydrogens is 330 g/mol. The molecule has 1 aromatic rings. The van der Waals surface area contributed by atoms with Crippen LogP contribution >= 0.6 is 0 Å². The molecule has 0 radical (unpaired) electrons. The maximum absolute atomic E-state index is 12.4. The molecule has 2 rings (SSSR count). The summed E-state index contributed by atoms with van der Waals surface area (Å²) in [5, 5.41) is 5.28. The average molecular weight is 351 g/mol. The molecule has 1 atom stereocenters. The molecule has 0 aliphatic carbocycles. The average Bonchev–Trinajstić information content (AvgIpc) is 3.14. The molecule has 0 saturated carbocycles. The maximum atomic E-state index is 12.4. The van der Waals surface area contributed by atoms with Crippen LogP contribution in [-0.2, 0) is 19.1 Å². The number of ether oxygens (including phenoxy) is 1. The van der Waals surface area contributed by atoms with Crippen molar-refractivity contribution in [1.82, 2.24) is 15.5 Å². The number of methoxy groups -OCH3 is 1. The number of carbonyl (C=O) groups is 4. The van der Waals surface area contributed by atoms with Crippen LogP contribution in [0.2, 0.25) is 0 Å². The Morgan fingerprint density at radius 1 is 1.44 bits per heavy atom. The first-order valence-corrected chi connectivity index (χ1v) is 7.98. The second-order valence-corrected chi connectivity index (χ2v) is 5.51. The topological polar surface area (TPSA) is 118 Å². The zero-order valence-corrected chi connectivity index (χ0v) is 13.9. The van der Waals surface area contributed by atoms with E-state index in [1.807, 2.05) is 0 Å². The van der Waals surface area contributed by atoms with Crippen LogP contribution in [0.1, 0.15) is 29.8 Å². The van der Waals surface area contributed by atoms with E-state index >= 15 is 0 Å². The van der Waals surface area contributed by atoms with Gasteiger partial charge in [-0.15, -0.1) is 0 Å². The van der Waals surface area contributed by atoms with Gasteiger partial charge < -0.3 is 24.7 Å². The molecule has 25 heavy (non-hydrogen) atoms. The van der Waals surface area contributed by atoms with E-state index in [-0.39, 0.29) is 36.3 Å². The largest absolute Gasteiger partial charge is 0.469 e. The first-order valence-electron chi connectivity index (χ1n) is 7.98. The lowest BCUT2D eigenvalue weighted by atomic mass is 10.1. The summed E-state index contributed by atoms with van der Waals surface area (Å²) >= 11 is 0. The third-order valence-corrected chi connectivity index (χ3v) is 3.84. The van der Waals surface area contributed by atoms with Gasteiger partial charge in [-0.2, -0.15) is 0 Å². The SMILES string of the molecule is COC(=O)CC1C(=O)NCCN1C(=O)CCCNC(=O)c1ccco1. The number of carbonyl (C=O) groups excluding carboxylic acids is 4. The smallest absolute Gasteiger partial charge is 0.308 e. The standard InChI is InChI=1S/C16H21N3O6/c1-24-14(21)10-11-15(22)18-7-8-19(11)13(20)5-2-6-17-16(23)12-4-3-9-25-12/h3-4,9,11H,2,5-8,10H2,1H3,(H,17,23)(H,18,22). The highest BCUT2D eigenvalue weighted by Gasteiger charge is 2.34. The van der Waals surface area contributed by atoms with Gasteiger partial charge in [0.15, 0.2) is 5.76 Å². The van der Waals surface area contributed by atoms with Crippen molar-refractivity contribution in [2.24, 2.45) is 0 Å². The van der Waals surface area contributed by atoms with Gasteiger partial charge >= 0.3 is 5.97 Å². The highest BCUT2D eigenvalue weighted by molar-refractivity contribution is 5.92. The third-order valence-electron chi connectivity index (χ3n) is 3.84. The van der Waals surface area contributed by atoms with Crippen molar-refractivity contribution in [3.63, 3.8) is 0 Å². The monoisotopic (exact) mass is 351 g/mol. The summed E-state index contributed by atoms with van der Waals surface area (Å²) in [6.45, 7) is 0.982. The number of piperazine rings is 1. The van der Waals surface area contributed by atoms with Gasteiger partial charge in [-0.25, -0.2) is 0 Å². The molecule has 1 fully saturated rings. The van der Waals surface area contributed by atoms with E-state index in [4.69, 9.17) is 4.42 Å². The lowest BCUT2D eigenvalue weighted by molar-refractivity contribution is -0.150. The summed E-state index contributed by atoms with van der Waals surface area (Å²) in [5.74, 6) is -1.30. The molecule has 9 nitrogen and oxygen atoms in total. The van der Waals surface area contributed by atoms with Gasteiger partial charge in [-0.1, -0.05) is 0 Å². The minimum absolute atomic E-state index is 0.156. The Labute approximate surface area is 144 Å². The molecule has 1 unspecified atom stereocenters. The molecular formula is C16H21N3O6. The van der Waals surface area contributed by atoms with Crippen LogP contribution in [0.15, 0.2) is 22.8 Å². The molecule has 0 bridgehead atoms. The zero-order valence-electron chi connectivity index (χ0n) is 13.9. The number of nitrogens with zero attached hydrogens (tertiary/aromatic N) is 1. The second kappa shape index (κ2) is 8.86. The highest BCUT2D eigenvalue weighted by atomic mass is 16.5. The molecule has 3 amide bonds. The van der Waals surface area contributed by atoms with Crippen LogP contribution in [0.25, 0.3) is 0 Å². The minimum Gasteiger partial charge on any atom is -0.469 e. The van der Waals surface area contributed by atoms with Crippen LogP contribution in [0.4, 0.5) is 0 Å². The summed E-state index contributed by atoms with van der Waals surface area (Å²) < 4.78 is 9.54. The maximum Gasteiger partial charge on any atom is 0.308 e. The van der Waals surface area contributed by atoms with Crippen molar-refractivity contribution in [3.8, 4) is 0 Å². The number of hydrogen-bond donors (Lipinski definition) is 2. The first kappa shape index (κ1) is 18.5. The molecule has 0 spiro atoms. The third kappa shape index (κ3) is 5.07. The van der Waals surface area contributed by atoms with Crippen LogP contribution in [0, 0.1) is 0 Å². The quantitative estimate of drug-likeness (QED) is 0.513. The fourth-order valence-corrected chi connectivity index (χ4v) is 2.54. The van der Waals surface area contributed by atoms with Crippen molar-refractivity contribution in [2.45, 2.75) is 25.3 Å². The van der Waals surface area contributed by atoms with E-state index in [9.17, 15) is 19.2 Å². The van der Waals surface area contributed by atoms with Crippen LogP contribution in [0.5, 0.6) is 0 Å². The summed E-state index contributed by atoms with van der Waals surface area (Å²) in [4.78, 5) is 48.8. The van der Waals surface area contributed by atoms with E-state index in [1.165, 1.54) is 18.3 Å². The summed E-state index contributed by atoms with van der Waals surface area (Å²) in [5.41, 5.74) is 0. The normalized spacial score (nSPS) is 16.9. The second-order valence-electron chi connectivity index (χ2n) is 5.51. The Bertz CT molecular complexity index is 628. The van der Waals surface area contributed by atoms with Crippen molar-refractivity contribution in [3.05, 3.63) is 24.2 Å². The number of nitrogens with one attached hydrogen (secondary N) is 2. The lowest BCUT2D eigenvalue weighted by Crippen LogP contribution is -2.57. The number of furan rings is 1. The Kier molecular flexibility index (Phi) is 6.55. The molecule has 2 N–H and O–H groups in total. The van der Waals surface area contributed by atoms with Gasteiger partial charge in [-0.05, 0) is 18.6 Å². The molecule has 9 heteroatoms. The van der Waals surface area contributed by atoms with Crippen molar-refractivity contribution in [1.29, 1.82) is 0 Å².